The molecule has 1 heterocycles. The molecule has 0 aliphatic carbocycles. The Morgan fingerprint density at radius 1 is 1.29 bits per heavy atom. The maximum absolute atomic E-state index is 12.3. The Balaban J connectivity index is 2.04. The topological polar surface area (TPSA) is 59.5 Å². The van der Waals surface area contributed by atoms with E-state index >= 15 is 0 Å². The summed E-state index contributed by atoms with van der Waals surface area (Å²) in [5.41, 5.74) is 7.91. The Bertz CT molecular complexity index is 675. The predicted molar refractivity (Wildman–Crippen MR) is 81.6 cm³/mol. The van der Waals surface area contributed by atoms with E-state index in [-0.39, 0.29) is 5.91 Å². The molecule has 0 bridgehead atoms. The van der Waals surface area contributed by atoms with Gasteiger partial charge in [-0.2, -0.15) is 0 Å². The van der Waals surface area contributed by atoms with E-state index in [9.17, 15) is 4.79 Å². The van der Waals surface area contributed by atoms with Crippen LogP contribution < -0.4 is 5.73 Å². The van der Waals surface area contributed by atoms with Gasteiger partial charge in [-0.05, 0) is 30.7 Å². The summed E-state index contributed by atoms with van der Waals surface area (Å²) < 4.78 is 5.17. The third-order valence-corrected chi connectivity index (χ3v) is 3.14. The van der Waals surface area contributed by atoms with Crippen molar-refractivity contribution in [3.8, 4) is 11.8 Å². The van der Waals surface area contributed by atoms with Crippen LogP contribution in [0.4, 0.5) is 0 Å². The van der Waals surface area contributed by atoms with Gasteiger partial charge in [-0.15, -0.1) is 0 Å². The minimum Gasteiger partial charge on any atom is -0.469 e. The molecule has 0 saturated heterocycles. The molecule has 4 heteroatoms. The van der Waals surface area contributed by atoms with Gasteiger partial charge < -0.3 is 15.1 Å². The summed E-state index contributed by atoms with van der Waals surface area (Å²) in [5, 5.41) is 0. The standard InChI is InChI=1S/C17H18N2O2/c1-13-16(9-11-21-13)17(20)19(2)12-15-7-5-14(6-8-15)4-3-10-18/h5-9,11H,10,12,18H2,1-2H3. The molecule has 0 atom stereocenters. The predicted octanol–water partition coefficient (Wildman–Crippen LogP) is 2.17. The van der Waals surface area contributed by atoms with Crippen molar-refractivity contribution >= 4 is 5.91 Å². The molecule has 1 aromatic carbocycles. The van der Waals surface area contributed by atoms with Crippen LogP contribution in [0.3, 0.4) is 0 Å². The lowest BCUT2D eigenvalue weighted by Gasteiger charge is -2.16. The summed E-state index contributed by atoms with van der Waals surface area (Å²) in [6, 6.07) is 9.48. The molecule has 0 spiro atoms. The number of hydrogen-bond acceptors (Lipinski definition) is 3. The van der Waals surface area contributed by atoms with Gasteiger partial charge >= 0.3 is 0 Å². The van der Waals surface area contributed by atoms with E-state index in [1.165, 1.54) is 6.26 Å². The number of carbonyl (C=O) groups excluding carboxylic acids is 1. The molecular weight excluding hydrogens is 264 g/mol. The van der Waals surface area contributed by atoms with E-state index < -0.39 is 0 Å². The second-order valence-electron chi connectivity index (χ2n) is 4.75. The summed E-state index contributed by atoms with van der Waals surface area (Å²) >= 11 is 0. The number of nitrogens with zero attached hydrogens (tertiary/aromatic N) is 1. The summed E-state index contributed by atoms with van der Waals surface area (Å²) in [6.45, 7) is 2.67. The molecule has 0 aliphatic rings. The highest BCUT2D eigenvalue weighted by Crippen LogP contribution is 2.13. The minimum absolute atomic E-state index is 0.0479. The fourth-order valence-corrected chi connectivity index (χ4v) is 2.00. The molecule has 2 aromatic rings. The molecule has 1 aromatic heterocycles. The average Bonchev–Trinajstić information content (AvgIpc) is 2.92. The quantitative estimate of drug-likeness (QED) is 0.878. The number of amides is 1. The fourth-order valence-electron chi connectivity index (χ4n) is 2.00. The fraction of sp³-hybridized carbons (Fsp3) is 0.235. The molecule has 0 unspecified atom stereocenters. The number of rotatable bonds is 3. The SMILES string of the molecule is Cc1occc1C(=O)N(C)Cc1ccc(C#CCN)cc1. The van der Waals surface area contributed by atoms with Crippen LogP contribution in [-0.2, 0) is 6.54 Å². The minimum atomic E-state index is -0.0479. The average molecular weight is 282 g/mol. The zero-order chi connectivity index (χ0) is 15.2. The van der Waals surface area contributed by atoms with Crippen molar-refractivity contribution in [2.24, 2.45) is 5.73 Å². The van der Waals surface area contributed by atoms with Crippen molar-refractivity contribution in [2.45, 2.75) is 13.5 Å². The summed E-state index contributed by atoms with van der Waals surface area (Å²) in [6.07, 6.45) is 1.53. The van der Waals surface area contributed by atoms with E-state index in [2.05, 4.69) is 11.8 Å². The van der Waals surface area contributed by atoms with E-state index in [0.717, 1.165) is 11.1 Å². The van der Waals surface area contributed by atoms with Crippen molar-refractivity contribution in [1.82, 2.24) is 4.90 Å². The third-order valence-electron chi connectivity index (χ3n) is 3.14. The van der Waals surface area contributed by atoms with Crippen LogP contribution in [0.1, 0.15) is 27.2 Å². The first kappa shape index (κ1) is 14.9. The third kappa shape index (κ3) is 3.74. The number of furan rings is 1. The molecule has 1 amide bonds. The van der Waals surface area contributed by atoms with E-state index in [1.54, 1.807) is 24.9 Å². The molecule has 0 aliphatic heterocycles. The normalized spacial score (nSPS) is 9.86. The van der Waals surface area contributed by atoms with Crippen LogP contribution in [0.2, 0.25) is 0 Å². The second kappa shape index (κ2) is 6.78. The number of aryl methyl sites for hydroxylation is 1. The van der Waals surface area contributed by atoms with Crippen LogP contribution >= 0.6 is 0 Å². The largest absolute Gasteiger partial charge is 0.469 e. The number of carbonyl (C=O) groups is 1. The van der Waals surface area contributed by atoms with Crippen molar-refractivity contribution in [2.75, 3.05) is 13.6 Å². The maximum atomic E-state index is 12.3. The Labute approximate surface area is 124 Å². The molecule has 2 rings (SSSR count). The molecule has 2 N–H and O–H groups in total. The number of benzene rings is 1. The van der Waals surface area contributed by atoms with Gasteiger partial charge in [0.1, 0.15) is 5.76 Å². The molecule has 4 nitrogen and oxygen atoms in total. The Hall–Kier alpha value is -2.51. The highest BCUT2D eigenvalue weighted by atomic mass is 16.3. The highest BCUT2D eigenvalue weighted by Gasteiger charge is 2.16. The van der Waals surface area contributed by atoms with Crippen LogP contribution in [0.25, 0.3) is 0 Å². The summed E-state index contributed by atoms with van der Waals surface area (Å²) in [7, 11) is 1.77. The van der Waals surface area contributed by atoms with Gasteiger partial charge in [0, 0.05) is 19.2 Å². The first-order chi connectivity index (χ1) is 10.1. The van der Waals surface area contributed by atoms with Gasteiger partial charge in [-0.3, -0.25) is 4.79 Å². The van der Waals surface area contributed by atoms with E-state index in [0.29, 0.717) is 24.4 Å². The molecule has 21 heavy (non-hydrogen) atoms. The first-order valence-corrected chi connectivity index (χ1v) is 6.69. The van der Waals surface area contributed by atoms with Crippen molar-refractivity contribution in [3.05, 3.63) is 59.0 Å². The lowest BCUT2D eigenvalue weighted by molar-refractivity contribution is 0.0783. The van der Waals surface area contributed by atoms with Crippen LogP contribution in [-0.4, -0.2) is 24.4 Å². The Morgan fingerprint density at radius 3 is 2.57 bits per heavy atom. The Kier molecular flexibility index (Phi) is 4.81. The van der Waals surface area contributed by atoms with Gasteiger partial charge in [0.15, 0.2) is 0 Å². The first-order valence-electron chi connectivity index (χ1n) is 6.69. The molecule has 0 fully saturated rings. The molecular formula is C17H18N2O2. The Morgan fingerprint density at radius 2 is 2.00 bits per heavy atom. The lowest BCUT2D eigenvalue weighted by Crippen LogP contribution is -2.26. The van der Waals surface area contributed by atoms with Gasteiger partial charge in [-0.25, -0.2) is 0 Å². The summed E-state index contributed by atoms with van der Waals surface area (Å²) in [5.74, 6) is 6.37. The highest BCUT2D eigenvalue weighted by molar-refractivity contribution is 5.94. The number of nitrogens with two attached hydrogens (primary N) is 1. The van der Waals surface area contributed by atoms with Crippen LogP contribution in [0.5, 0.6) is 0 Å². The van der Waals surface area contributed by atoms with Crippen molar-refractivity contribution in [1.29, 1.82) is 0 Å². The molecule has 0 radical (unpaired) electrons. The van der Waals surface area contributed by atoms with Gasteiger partial charge in [0.05, 0.1) is 18.4 Å². The van der Waals surface area contributed by atoms with Gasteiger partial charge in [-0.1, -0.05) is 24.0 Å². The van der Waals surface area contributed by atoms with Gasteiger partial charge in [0.25, 0.3) is 5.91 Å². The van der Waals surface area contributed by atoms with Crippen molar-refractivity contribution in [3.63, 3.8) is 0 Å². The van der Waals surface area contributed by atoms with Crippen LogP contribution in [0.15, 0.2) is 41.0 Å². The van der Waals surface area contributed by atoms with Gasteiger partial charge in [0.2, 0.25) is 0 Å². The van der Waals surface area contributed by atoms with Crippen molar-refractivity contribution < 1.29 is 9.21 Å². The zero-order valence-electron chi connectivity index (χ0n) is 12.2. The molecule has 0 saturated carbocycles. The zero-order valence-corrected chi connectivity index (χ0v) is 12.2. The smallest absolute Gasteiger partial charge is 0.257 e. The maximum Gasteiger partial charge on any atom is 0.257 e. The van der Waals surface area contributed by atoms with E-state index in [4.69, 9.17) is 10.2 Å². The number of hydrogen-bond donors (Lipinski definition) is 1. The second-order valence-corrected chi connectivity index (χ2v) is 4.75. The summed E-state index contributed by atoms with van der Waals surface area (Å²) in [4.78, 5) is 13.9. The molecule has 108 valence electrons. The lowest BCUT2D eigenvalue weighted by atomic mass is 10.1. The van der Waals surface area contributed by atoms with Crippen LogP contribution in [0, 0.1) is 18.8 Å². The monoisotopic (exact) mass is 282 g/mol. The van der Waals surface area contributed by atoms with E-state index in [1.807, 2.05) is 24.3 Å².